The molecule has 0 saturated carbocycles. The minimum absolute atomic E-state index is 0.0887. The third kappa shape index (κ3) is 7.71. The Bertz CT molecular complexity index is 924. The molecule has 0 saturated heterocycles. The topological polar surface area (TPSA) is 75.7 Å². The molecule has 1 amide bonds. The second-order valence-corrected chi connectivity index (χ2v) is 9.46. The Balaban J connectivity index is 1.87. The summed E-state index contributed by atoms with van der Waals surface area (Å²) in [5.41, 5.74) is 2.72. The van der Waals surface area contributed by atoms with E-state index in [0.29, 0.717) is 18.7 Å². The molecule has 2 rings (SSSR count). The fourth-order valence-electron chi connectivity index (χ4n) is 3.06. The van der Waals surface area contributed by atoms with Crippen LogP contribution in [0, 0.1) is 0 Å². The zero-order valence-corrected chi connectivity index (χ0v) is 19.0. The van der Waals surface area contributed by atoms with E-state index in [-0.39, 0.29) is 25.0 Å². The van der Waals surface area contributed by atoms with Gasteiger partial charge in [0.15, 0.2) is 0 Å². The number of nitrogens with one attached hydrogen (secondary N) is 1. The fraction of sp³-hybridized carbons (Fsp3) is 0.435. The number of anilines is 1. The molecule has 0 radical (unpaired) electrons. The first-order valence-electron chi connectivity index (χ1n) is 10.3. The number of rotatable bonds is 11. The zero-order valence-electron chi connectivity index (χ0n) is 18.2. The fourth-order valence-corrected chi connectivity index (χ4v) is 4.02. The SMILES string of the molecule is CCc1ccc(N(CCCC(=O)NCc2cccc(OC(C)C)c2)S(C)(=O)=O)cc1. The molecule has 0 bridgehead atoms. The van der Waals surface area contributed by atoms with Crippen LogP contribution in [0.5, 0.6) is 5.75 Å². The Morgan fingerprint density at radius 2 is 1.80 bits per heavy atom. The van der Waals surface area contributed by atoms with E-state index < -0.39 is 10.0 Å². The van der Waals surface area contributed by atoms with Crippen molar-refractivity contribution in [3.05, 3.63) is 59.7 Å². The lowest BCUT2D eigenvalue weighted by Crippen LogP contribution is -2.32. The Kier molecular flexibility index (Phi) is 8.72. The molecule has 0 fully saturated rings. The zero-order chi connectivity index (χ0) is 22.1. The van der Waals surface area contributed by atoms with Gasteiger partial charge in [-0.2, -0.15) is 0 Å². The summed E-state index contributed by atoms with van der Waals surface area (Å²) in [5, 5.41) is 2.88. The Morgan fingerprint density at radius 1 is 1.10 bits per heavy atom. The summed E-state index contributed by atoms with van der Waals surface area (Å²) in [6.07, 6.45) is 2.86. The van der Waals surface area contributed by atoms with Gasteiger partial charge in [-0.05, 0) is 62.1 Å². The average molecular weight is 433 g/mol. The highest BCUT2D eigenvalue weighted by Crippen LogP contribution is 2.19. The predicted molar refractivity (Wildman–Crippen MR) is 121 cm³/mol. The van der Waals surface area contributed by atoms with Crippen LogP contribution >= 0.6 is 0 Å². The maximum absolute atomic E-state index is 12.2. The van der Waals surface area contributed by atoms with Crippen LogP contribution in [0.1, 0.15) is 44.7 Å². The van der Waals surface area contributed by atoms with E-state index in [0.717, 1.165) is 23.3 Å². The van der Waals surface area contributed by atoms with E-state index in [9.17, 15) is 13.2 Å². The molecule has 0 aliphatic rings. The third-order valence-electron chi connectivity index (χ3n) is 4.56. The number of sulfonamides is 1. The monoisotopic (exact) mass is 432 g/mol. The average Bonchev–Trinajstić information content (AvgIpc) is 2.69. The molecule has 7 heteroatoms. The molecule has 0 aliphatic carbocycles. The van der Waals surface area contributed by atoms with Crippen molar-refractivity contribution in [1.29, 1.82) is 0 Å². The van der Waals surface area contributed by atoms with Gasteiger partial charge in [0.05, 0.1) is 18.0 Å². The van der Waals surface area contributed by atoms with Crippen LogP contribution in [0.4, 0.5) is 5.69 Å². The summed E-state index contributed by atoms with van der Waals surface area (Å²) in [6, 6.07) is 15.1. The highest BCUT2D eigenvalue weighted by atomic mass is 32.2. The third-order valence-corrected chi connectivity index (χ3v) is 5.75. The van der Waals surface area contributed by atoms with Crippen LogP contribution in [0.25, 0.3) is 0 Å². The lowest BCUT2D eigenvalue weighted by molar-refractivity contribution is -0.121. The minimum Gasteiger partial charge on any atom is -0.491 e. The van der Waals surface area contributed by atoms with Crippen LogP contribution in [0.15, 0.2) is 48.5 Å². The maximum atomic E-state index is 12.2. The van der Waals surface area contributed by atoms with Crippen molar-refractivity contribution in [1.82, 2.24) is 5.32 Å². The first kappa shape index (κ1) is 23.7. The molecule has 1 N–H and O–H groups in total. The van der Waals surface area contributed by atoms with Gasteiger partial charge < -0.3 is 10.1 Å². The molecule has 30 heavy (non-hydrogen) atoms. The van der Waals surface area contributed by atoms with Gasteiger partial charge in [0, 0.05) is 19.5 Å². The summed E-state index contributed by atoms with van der Waals surface area (Å²) in [7, 11) is -3.42. The standard InChI is InChI=1S/C23H32N2O4S/c1-5-19-11-13-21(14-12-19)25(30(4,27)28)15-7-10-23(26)24-17-20-8-6-9-22(16-20)29-18(2)3/h6,8-9,11-14,16,18H,5,7,10,15,17H2,1-4H3,(H,24,26). The Hall–Kier alpha value is -2.54. The van der Waals surface area contributed by atoms with Gasteiger partial charge in [0.1, 0.15) is 5.75 Å². The number of carbonyl (C=O) groups excluding carboxylic acids is 1. The molecule has 164 valence electrons. The van der Waals surface area contributed by atoms with E-state index in [1.54, 1.807) is 0 Å². The van der Waals surface area contributed by atoms with E-state index in [1.807, 2.05) is 62.4 Å². The summed E-state index contributed by atoms with van der Waals surface area (Å²) in [5.74, 6) is 0.662. The van der Waals surface area contributed by atoms with Crippen LogP contribution in [0.3, 0.4) is 0 Å². The van der Waals surface area contributed by atoms with Gasteiger partial charge in [-0.25, -0.2) is 8.42 Å². The smallest absolute Gasteiger partial charge is 0.232 e. The normalized spacial score (nSPS) is 11.4. The number of carbonyl (C=O) groups is 1. The van der Waals surface area contributed by atoms with Crippen molar-refractivity contribution in [3.63, 3.8) is 0 Å². The number of nitrogens with zero attached hydrogens (tertiary/aromatic N) is 1. The second kappa shape index (κ2) is 11.0. The summed E-state index contributed by atoms with van der Waals surface area (Å²) >= 11 is 0. The quantitative estimate of drug-likeness (QED) is 0.584. The number of hydrogen-bond acceptors (Lipinski definition) is 4. The summed E-state index contributed by atoms with van der Waals surface area (Å²) in [4.78, 5) is 12.2. The van der Waals surface area contributed by atoms with Crippen molar-refractivity contribution in [2.24, 2.45) is 0 Å². The van der Waals surface area contributed by atoms with E-state index in [2.05, 4.69) is 12.2 Å². The van der Waals surface area contributed by atoms with Crippen molar-refractivity contribution in [2.45, 2.75) is 52.7 Å². The first-order chi connectivity index (χ1) is 14.2. The van der Waals surface area contributed by atoms with Crippen molar-refractivity contribution in [2.75, 3.05) is 17.1 Å². The number of ether oxygens (including phenoxy) is 1. The number of amides is 1. The van der Waals surface area contributed by atoms with Crippen LogP contribution < -0.4 is 14.4 Å². The highest BCUT2D eigenvalue weighted by Gasteiger charge is 2.17. The number of benzene rings is 2. The van der Waals surface area contributed by atoms with Crippen molar-refractivity contribution in [3.8, 4) is 5.75 Å². The lowest BCUT2D eigenvalue weighted by Gasteiger charge is -2.22. The molecule has 2 aromatic carbocycles. The second-order valence-electron chi connectivity index (χ2n) is 7.55. The Labute approximate surface area is 180 Å². The molecule has 2 aromatic rings. The summed E-state index contributed by atoms with van der Waals surface area (Å²) in [6.45, 7) is 6.65. The van der Waals surface area contributed by atoms with Crippen LogP contribution in [-0.2, 0) is 27.8 Å². The molecule has 0 atom stereocenters. The van der Waals surface area contributed by atoms with Crippen molar-refractivity contribution < 1.29 is 17.9 Å². The van der Waals surface area contributed by atoms with Crippen molar-refractivity contribution >= 4 is 21.6 Å². The Morgan fingerprint density at radius 3 is 2.40 bits per heavy atom. The number of aryl methyl sites for hydroxylation is 1. The maximum Gasteiger partial charge on any atom is 0.232 e. The van der Waals surface area contributed by atoms with E-state index >= 15 is 0 Å². The largest absolute Gasteiger partial charge is 0.491 e. The molecule has 0 heterocycles. The van der Waals surface area contributed by atoms with Gasteiger partial charge in [-0.3, -0.25) is 9.10 Å². The van der Waals surface area contributed by atoms with Gasteiger partial charge in [-0.1, -0.05) is 31.2 Å². The molecule has 0 spiro atoms. The van der Waals surface area contributed by atoms with Gasteiger partial charge in [0.2, 0.25) is 15.9 Å². The molecule has 0 aliphatic heterocycles. The molecule has 6 nitrogen and oxygen atoms in total. The van der Waals surface area contributed by atoms with Gasteiger partial charge >= 0.3 is 0 Å². The molecular formula is C23H32N2O4S. The van der Waals surface area contributed by atoms with Crippen LogP contribution in [0.2, 0.25) is 0 Å². The molecule has 0 aromatic heterocycles. The number of hydrogen-bond donors (Lipinski definition) is 1. The molecular weight excluding hydrogens is 400 g/mol. The van der Waals surface area contributed by atoms with E-state index in [4.69, 9.17) is 4.74 Å². The minimum atomic E-state index is -3.42. The molecule has 0 unspecified atom stereocenters. The van der Waals surface area contributed by atoms with Gasteiger partial charge in [-0.15, -0.1) is 0 Å². The van der Waals surface area contributed by atoms with E-state index in [1.165, 1.54) is 10.6 Å². The highest BCUT2D eigenvalue weighted by molar-refractivity contribution is 7.92. The first-order valence-corrected chi connectivity index (χ1v) is 12.1. The van der Waals surface area contributed by atoms with Crippen LogP contribution in [-0.4, -0.2) is 33.2 Å². The summed E-state index contributed by atoms with van der Waals surface area (Å²) < 4.78 is 31.4. The van der Waals surface area contributed by atoms with Gasteiger partial charge in [0.25, 0.3) is 0 Å². The predicted octanol–water partition coefficient (Wildman–Crippen LogP) is 3.90. The lowest BCUT2D eigenvalue weighted by atomic mass is 10.1.